The van der Waals surface area contributed by atoms with Gasteiger partial charge in [0.15, 0.2) is 5.76 Å². The molecule has 1 N–H and O–H groups in total. The molecule has 1 aromatic carbocycles. The molecule has 2 amide bonds. The highest BCUT2D eigenvalue weighted by Crippen LogP contribution is 2.33. The molecule has 3 rings (SSSR count). The molecule has 12 heteroatoms. The first kappa shape index (κ1) is 22.8. The molecule has 31 heavy (non-hydrogen) atoms. The number of alkyl halides is 3. The second kappa shape index (κ2) is 8.71. The van der Waals surface area contributed by atoms with Crippen LogP contribution in [0.5, 0.6) is 0 Å². The fraction of sp³-hybridized carbons (Fsp3) is 0.368. The number of benzene rings is 1. The Morgan fingerprint density at radius 3 is 2.23 bits per heavy atom. The predicted octanol–water partition coefficient (Wildman–Crippen LogP) is 1.95. The number of piperazine rings is 1. The van der Waals surface area contributed by atoms with Gasteiger partial charge in [-0.1, -0.05) is 12.1 Å². The number of nitrogens with one attached hydrogen (secondary N) is 1. The van der Waals surface area contributed by atoms with Gasteiger partial charge in [-0.05, 0) is 31.2 Å². The van der Waals surface area contributed by atoms with Gasteiger partial charge in [-0.25, -0.2) is 8.42 Å². The van der Waals surface area contributed by atoms with Gasteiger partial charge in [0.25, 0.3) is 5.91 Å². The van der Waals surface area contributed by atoms with E-state index in [2.05, 4.69) is 0 Å². The van der Waals surface area contributed by atoms with E-state index in [0.717, 1.165) is 12.1 Å². The summed E-state index contributed by atoms with van der Waals surface area (Å²) in [5.74, 6) is -0.753. The lowest BCUT2D eigenvalue weighted by molar-refractivity contribution is -0.139. The number of carbonyl (C=O) groups is 2. The fourth-order valence-electron chi connectivity index (χ4n) is 3.24. The first-order valence-electron chi connectivity index (χ1n) is 9.31. The number of nitrogens with zero attached hydrogens (tertiary/aromatic N) is 2. The molecule has 1 aliphatic heterocycles. The Morgan fingerprint density at radius 2 is 1.65 bits per heavy atom. The highest BCUT2D eigenvalue weighted by atomic mass is 32.2. The molecule has 0 bridgehead atoms. The molecular formula is C19H20F3N3O5S. The molecule has 0 saturated carbocycles. The number of furan rings is 1. The van der Waals surface area contributed by atoms with E-state index in [0.29, 0.717) is 6.07 Å². The molecule has 0 spiro atoms. The molecule has 168 valence electrons. The van der Waals surface area contributed by atoms with Gasteiger partial charge >= 0.3 is 6.18 Å². The van der Waals surface area contributed by atoms with Crippen molar-refractivity contribution in [1.29, 1.82) is 0 Å². The van der Waals surface area contributed by atoms with Crippen LogP contribution < -0.4 is 4.72 Å². The minimum atomic E-state index is -4.87. The van der Waals surface area contributed by atoms with Gasteiger partial charge in [0.2, 0.25) is 15.9 Å². The summed E-state index contributed by atoms with van der Waals surface area (Å²) in [4.78, 5) is 26.8. The molecule has 2 aromatic rings. The average Bonchev–Trinajstić information content (AvgIpc) is 3.27. The van der Waals surface area contributed by atoms with Crippen molar-refractivity contribution in [3.63, 3.8) is 0 Å². The van der Waals surface area contributed by atoms with E-state index in [9.17, 15) is 31.2 Å². The smallest absolute Gasteiger partial charge is 0.417 e. The molecule has 0 unspecified atom stereocenters. The maximum atomic E-state index is 13.2. The van der Waals surface area contributed by atoms with E-state index in [1.54, 1.807) is 6.07 Å². The SMILES string of the molecule is C[C@H](NS(=O)(=O)c1ccccc1C(F)(F)F)C(=O)N1CCN(C(=O)c2ccco2)CC1. The quantitative estimate of drug-likeness (QED) is 0.737. The van der Waals surface area contributed by atoms with Crippen molar-refractivity contribution in [2.75, 3.05) is 26.2 Å². The van der Waals surface area contributed by atoms with Crippen molar-refractivity contribution >= 4 is 21.8 Å². The Morgan fingerprint density at radius 1 is 1.03 bits per heavy atom. The van der Waals surface area contributed by atoms with Crippen LogP contribution in [0.3, 0.4) is 0 Å². The van der Waals surface area contributed by atoms with Gasteiger partial charge in [0.1, 0.15) is 0 Å². The molecule has 1 atom stereocenters. The second-order valence-electron chi connectivity index (χ2n) is 6.93. The maximum Gasteiger partial charge on any atom is 0.417 e. The monoisotopic (exact) mass is 459 g/mol. The molecule has 1 saturated heterocycles. The molecular weight excluding hydrogens is 439 g/mol. The van der Waals surface area contributed by atoms with Crippen LogP contribution in [0.1, 0.15) is 23.0 Å². The minimum Gasteiger partial charge on any atom is -0.459 e. The standard InChI is InChI=1S/C19H20F3N3O5S/c1-13(23-31(28,29)16-7-3-2-5-14(16)19(20,21)22)17(26)24-8-10-25(11-9-24)18(27)15-6-4-12-30-15/h2-7,12-13,23H,8-11H2,1H3/t13-/m0/s1. The average molecular weight is 459 g/mol. The lowest BCUT2D eigenvalue weighted by Crippen LogP contribution is -2.55. The first-order valence-corrected chi connectivity index (χ1v) is 10.8. The van der Waals surface area contributed by atoms with Crippen LogP contribution in [-0.2, 0) is 21.0 Å². The van der Waals surface area contributed by atoms with E-state index in [1.165, 1.54) is 35.1 Å². The number of carbonyl (C=O) groups excluding carboxylic acids is 2. The predicted molar refractivity (Wildman–Crippen MR) is 102 cm³/mol. The third kappa shape index (κ3) is 5.07. The van der Waals surface area contributed by atoms with Gasteiger partial charge in [0, 0.05) is 26.2 Å². The molecule has 8 nitrogen and oxygen atoms in total. The number of hydrogen-bond acceptors (Lipinski definition) is 5. The zero-order chi connectivity index (χ0) is 22.8. The summed E-state index contributed by atoms with van der Waals surface area (Å²) < 4.78 is 71.6. The molecule has 1 fully saturated rings. The van der Waals surface area contributed by atoms with Crippen LogP contribution in [0.25, 0.3) is 0 Å². The summed E-state index contributed by atoms with van der Waals surface area (Å²) in [5.41, 5.74) is -1.31. The van der Waals surface area contributed by atoms with E-state index in [-0.39, 0.29) is 37.8 Å². The van der Waals surface area contributed by atoms with Gasteiger partial charge in [-0.15, -0.1) is 0 Å². The number of sulfonamides is 1. The van der Waals surface area contributed by atoms with Gasteiger partial charge in [-0.3, -0.25) is 9.59 Å². The van der Waals surface area contributed by atoms with Crippen molar-refractivity contribution in [2.45, 2.75) is 24.0 Å². The normalized spacial score (nSPS) is 16.3. The zero-order valence-corrected chi connectivity index (χ0v) is 17.2. The largest absolute Gasteiger partial charge is 0.459 e. The van der Waals surface area contributed by atoms with Crippen molar-refractivity contribution in [1.82, 2.24) is 14.5 Å². The van der Waals surface area contributed by atoms with Crippen LogP contribution in [-0.4, -0.2) is 62.3 Å². The molecule has 0 radical (unpaired) electrons. The van der Waals surface area contributed by atoms with Crippen LogP contribution >= 0.6 is 0 Å². The molecule has 0 aliphatic carbocycles. The lowest BCUT2D eigenvalue weighted by Gasteiger charge is -2.35. The van der Waals surface area contributed by atoms with Crippen LogP contribution in [0.15, 0.2) is 52.0 Å². The van der Waals surface area contributed by atoms with E-state index >= 15 is 0 Å². The van der Waals surface area contributed by atoms with Crippen molar-refractivity contribution < 1.29 is 35.6 Å². The molecule has 1 aromatic heterocycles. The highest BCUT2D eigenvalue weighted by molar-refractivity contribution is 7.89. The van der Waals surface area contributed by atoms with Crippen molar-refractivity contribution in [3.05, 3.63) is 54.0 Å². The maximum absolute atomic E-state index is 13.2. The Kier molecular flexibility index (Phi) is 6.41. The number of rotatable bonds is 5. The first-order chi connectivity index (χ1) is 14.5. The highest BCUT2D eigenvalue weighted by Gasteiger charge is 2.38. The van der Waals surface area contributed by atoms with E-state index in [1.807, 2.05) is 4.72 Å². The third-order valence-corrected chi connectivity index (χ3v) is 6.39. The Hall–Kier alpha value is -2.86. The Labute approximate surface area is 176 Å². The van der Waals surface area contributed by atoms with E-state index < -0.39 is 38.6 Å². The summed E-state index contributed by atoms with van der Waals surface area (Å²) in [6, 6.07) is 5.56. The van der Waals surface area contributed by atoms with Gasteiger partial charge in [-0.2, -0.15) is 17.9 Å². The minimum absolute atomic E-state index is 0.149. The molecule has 1 aliphatic rings. The zero-order valence-electron chi connectivity index (χ0n) is 16.4. The van der Waals surface area contributed by atoms with Crippen LogP contribution in [0.4, 0.5) is 13.2 Å². The van der Waals surface area contributed by atoms with Crippen molar-refractivity contribution in [3.8, 4) is 0 Å². The number of amides is 2. The third-order valence-electron chi connectivity index (χ3n) is 4.79. The van der Waals surface area contributed by atoms with Crippen LogP contribution in [0.2, 0.25) is 0 Å². The summed E-state index contributed by atoms with van der Waals surface area (Å²) in [6.45, 7) is 1.98. The fourth-order valence-corrected chi connectivity index (χ4v) is 4.67. The Balaban J connectivity index is 1.64. The topological polar surface area (TPSA) is 99.9 Å². The summed E-state index contributed by atoms with van der Waals surface area (Å²) in [7, 11) is -4.61. The summed E-state index contributed by atoms with van der Waals surface area (Å²) in [5, 5.41) is 0. The second-order valence-corrected chi connectivity index (χ2v) is 8.61. The number of hydrogen-bond donors (Lipinski definition) is 1. The molecule has 2 heterocycles. The lowest BCUT2D eigenvalue weighted by atomic mass is 10.2. The van der Waals surface area contributed by atoms with Gasteiger partial charge in [0.05, 0.1) is 22.8 Å². The summed E-state index contributed by atoms with van der Waals surface area (Å²) >= 11 is 0. The van der Waals surface area contributed by atoms with E-state index in [4.69, 9.17) is 4.42 Å². The number of halogens is 3. The van der Waals surface area contributed by atoms with Crippen molar-refractivity contribution in [2.24, 2.45) is 0 Å². The summed E-state index contributed by atoms with van der Waals surface area (Å²) in [6.07, 6.45) is -3.49. The van der Waals surface area contributed by atoms with Crippen LogP contribution in [0, 0.1) is 0 Å². The Bertz CT molecular complexity index is 1050. The van der Waals surface area contributed by atoms with Gasteiger partial charge < -0.3 is 14.2 Å².